The van der Waals surface area contributed by atoms with E-state index in [4.69, 9.17) is 9.47 Å². The summed E-state index contributed by atoms with van der Waals surface area (Å²) in [4.78, 5) is 24.9. The molecule has 2 aromatic carbocycles. The number of amides is 2. The Morgan fingerprint density at radius 1 is 1.03 bits per heavy atom. The van der Waals surface area contributed by atoms with Crippen molar-refractivity contribution in [2.24, 2.45) is 5.92 Å². The highest BCUT2D eigenvalue weighted by molar-refractivity contribution is 6.05. The van der Waals surface area contributed by atoms with Crippen LogP contribution in [0, 0.1) is 5.92 Å². The van der Waals surface area contributed by atoms with Crippen molar-refractivity contribution in [1.29, 1.82) is 0 Å². The fourth-order valence-electron chi connectivity index (χ4n) is 2.77. The highest BCUT2D eigenvalue weighted by atomic mass is 16.5. The predicted molar refractivity (Wildman–Crippen MR) is 113 cm³/mol. The number of hydrogen-bond acceptors (Lipinski definition) is 4. The number of methoxy groups -OCH3 is 1. The van der Waals surface area contributed by atoms with Gasteiger partial charge in [-0.1, -0.05) is 19.9 Å². The van der Waals surface area contributed by atoms with Crippen molar-refractivity contribution in [2.75, 3.05) is 19.0 Å². The van der Waals surface area contributed by atoms with E-state index in [0.717, 1.165) is 19.3 Å². The minimum absolute atomic E-state index is 0.117. The summed E-state index contributed by atoms with van der Waals surface area (Å²) in [6, 6.07) is 12.3. The van der Waals surface area contributed by atoms with Gasteiger partial charge in [0, 0.05) is 22.9 Å². The summed E-state index contributed by atoms with van der Waals surface area (Å²) in [6.07, 6.45) is 3.00. The lowest BCUT2D eigenvalue weighted by molar-refractivity contribution is 0.0949. The summed E-state index contributed by atoms with van der Waals surface area (Å²) in [5.74, 6) is 1.28. The van der Waals surface area contributed by atoms with Crippen molar-refractivity contribution in [3.63, 3.8) is 0 Å². The molecule has 0 saturated heterocycles. The first-order chi connectivity index (χ1) is 14.0. The number of carbonyl (C=O) groups is 2. The van der Waals surface area contributed by atoms with Crippen LogP contribution in [0.1, 0.15) is 53.8 Å². The molecule has 3 rings (SSSR count). The molecule has 0 atom stereocenters. The molecule has 0 heterocycles. The van der Waals surface area contributed by atoms with E-state index >= 15 is 0 Å². The second kappa shape index (κ2) is 9.45. The van der Waals surface area contributed by atoms with Gasteiger partial charge in [0.25, 0.3) is 11.8 Å². The maximum atomic E-state index is 12.7. The molecule has 2 amide bonds. The smallest absolute Gasteiger partial charge is 0.255 e. The summed E-state index contributed by atoms with van der Waals surface area (Å²) in [5.41, 5.74) is 1.54. The highest BCUT2D eigenvalue weighted by Gasteiger charge is 2.23. The molecular weight excluding hydrogens is 368 g/mol. The van der Waals surface area contributed by atoms with Crippen LogP contribution < -0.4 is 20.1 Å². The third-order valence-electron chi connectivity index (χ3n) is 4.67. The summed E-state index contributed by atoms with van der Waals surface area (Å²) >= 11 is 0. The standard InChI is InChI=1S/C23H28N2O4/c1-15(2)11-12-29-20-10-7-17(14-21(20)28-3)23(27)25-19-6-4-5-16(13-19)22(26)24-18-8-9-18/h4-7,10,13-15,18H,8-9,11-12H2,1-3H3,(H,24,26)(H,25,27). The fraction of sp³-hybridized carbons (Fsp3) is 0.391. The summed E-state index contributed by atoms with van der Waals surface area (Å²) in [7, 11) is 1.55. The molecular formula is C23H28N2O4. The molecule has 1 fully saturated rings. The average Bonchev–Trinajstić information content (AvgIpc) is 3.52. The zero-order chi connectivity index (χ0) is 20.8. The number of hydrogen-bond donors (Lipinski definition) is 2. The van der Waals surface area contributed by atoms with Gasteiger partial charge in [-0.3, -0.25) is 9.59 Å². The third-order valence-corrected chi connectivity index (χ3v) is 4.67. The molecule has 0 radical (unpaired) electrons. The van der Waals surface area contributed by atoms with Crippen LogP contribution in [0.5, 0.6) is 11.5 Å². The van der Waals surface area contributed by atoms with Crippen LogP contribution in [-0.4, -0.2) is 31.6 Å². The van der Waals surface area contributed by atoms with E-state index in [1.807, 2.05) is 0 Å². The van der Waals surface area contributed by atoms with Crippen LogP contribution in [0.2, 0.25) is 0 Å². The minimum atomic E-state index is -0.281. The Bertz CT molecular complexity index is 875. The molecule has 2 aromatic rings. The predicted octanol–water partition coefficient (Wildman–Crippen LogP) is 4.26. The molecule has 0 aliphatic heterocycles. The van der Waals surface area contributed by atoms with Crippen molar-refractivity contribution < 1.29 is 19.1 Å². The van der Waals surface area contributed by atoms with Crippen LogP contribution in [0.3, 0.4) is 0 Å². The number of nitrogens with one attached hydrogen (secondary N) is 2. The van der Waals surface area contributed by atoms with Gasteiger partial charge in [-0.25, -0.2) is 0 Å². The molecule has 1 aliphatic rings. The van der Waals surface area contributed by atoms with Crippen molar-refractivity contribution in [3.8, 4) is 11.5 Å². The third kappa shape index (κ3) is 5.98. The Morgan fingerprint density at radius 2 is 1.79 bits per heavy atom. The lowest BCUT2D eigenvalue weighted by atomic mass is 10.1. The normalized spacial score (nSPS) is 13.1. The van der Waals surface area contributed by atoms with Gasteiger partial charge in [-0.2, -0.15) is 0 Å². The van der Waals surface area contributed by atoms with E-state index in [-0.39, 0.29) is 17.9 Å². The Kier molecular flexibility index (Phi) is 6.75. The van der Waals surface area contributed by atoms with Crippen LogP contribution in [0.25, 0.3) is 0 Å². The molecule has 2 N–H and O–H groups in total. The summed E-state index contributed by atoms with van der Waals surface area (Å²) < 4.78 is 11.1. The largest absolute Gasteiger partial charge is 0.493 e. The Hall–Kier alpha value is -3.02. The summed E-state index contributed by atoms with van der Waals surface area (Å²) in [5, 5.41) is 5.78. The van der Waals surface area contributed by atoms with E-state index < -0.39 is 0 Å². The molecule has 6 nitrogen and oxygen atoms in total. The van der Waals surface area contributed by atoms with E-state index in [2.05, 4.69) is 24.5 Å². The van der Waals surface area contributed by atoms with Gasteiger partial charge in [-0.15, -0.1) is 0 Å². The van der Waals surface area contributed by atoms with Gasteiger partial charge in [0.15, 0.2) is 11.5 Å². The van der Waals surface area contributed by atoms with E-state index in [1.165, 1.54) is 0 Å². The number of benzene rings is 2. The van der Waals surface area contributed by atoms with Crippen LogP contribution in [0.15, 0.2) is 42.5 Å². The first kappa shape index (κ1) is 20.7. The van der Waals surface area contributed by atoms with Gasteiger partial charge in [0.2, 0.25) is 0 Å². The first-order valence-electron chi connectivity index (χ1n) is 9.99. The molecule has 1 saturated carbocycles. The second-order valence-corrected chi connectivity index (χ2v) is 7.68. The van der Waals surface area contributed by atoms with Gasteiger partial charge < -0.3 is 20.1 Å². The number of anilines is 1. The van der Waals surface area contributed by atoms with Crippen molar-refractivity contribution in [3.05, 3.63) is 53.6 Å². The molecule has 0 aromatic heterocycles. The highest BCUT2D eigenvalue weighted by Crippen LogP contribution is 2.29. The SMILES string of the molecule is COc1cc(C(=O)Nc2cccc(C(=O)NC3CC3)c2)ccc1OCCC(C)C. The zero-order valence-electron chi connectivity index (χ0n) is 17.2. The molecule has 0 bridgehead atoms. The van der Waals surface area contributed by atoms with Crippen molar-refractivity contribution in [2.45, 2.75) is 39.2 Å². The van der Waals surface area contributed by atoms with Gasteiger partial charge in [0.05, 0.1) is 13.7 Å². The topological polar surface area (TPSA) is 76.7 Å². The van der Waals surface area contributed by atoms with Gasteiger partial charge >= 0.3 is 0 Å². The molecule has 154 valence electrons. The van der Waals surface area contributed by atoms with E-state index in [1.54, 1.807) is 49.6 Å². The first-order valence-corrected chi connectivity index (χ1v) is 9.99. The Balaban J connectivity index is 1.66. The van der Waals surface area contributed by atoms with Gasteiger partial charge in [0.1, 0.15) is 0 Å². The van der Waals surface area contributed by atoms with E-state index in [9.17, 15) is 9.59 Å². The zero-order valence-corrected chi connectivity index (χ0v) is 17.2. The van der Waals surface area contributed by atoms with Crippen LogP contribution in [-0.2, 0) is 0 Å². The van der Waals surface area contributed by atoms with Crippen molar-refractivity contribution >= 4 is 17.5 Å². The molecule has 0 unspecified atom stereocenters. The van der Waals surface area contributed by atoms with Crippen LogP contribution in [0.4, 0.5) is 5.69 Å². The second-order valence-electron chi connectivity index (χ2n) is 7.68. The maximum Gasteiger partial charge on any atom is 0.255 e. The minimum Gasteiger partial charge on any atom is -0.493 e. The Morgan fingerprint density at radius 3 is 2.48 bits per heavy atom. The molecule has 0 spiro atoms. The number of carbonyl (C=O) groups excluding carboxylic acids is 2. The molecule has 6 heteroatoms. The van der Waals surface area contributed by atoms with E-state index in [0.29, 0.717) is 40.8 Å². The lowest BCUT2D eigenvalue weighted by Crippen LogP contribution is -2.25. The average molecular weight is 396 g/mol. The summed E-state index contributed by atoms with van der Waals surface area (Å²) in [6.45, 7) is 4.87. The number of rotatable bonds is 9. The molecule has 29 heavy (non-hydrogen) atoms. The monoisotopic (exact) mass is 396 g/mol. The quantitative estimate of drug-likeness (QED) is 0.664. The van der Waals surface area contributed by atoms with Crippen molar-refractivity contribution in [1.82, 2.24) is 5.32 Å². The lowest BCUT2D eigenvalue weighted by Gasteiger charge is -2.13. The number of ether oxygens (including phenoxy) is 2. The molecule has 1 aliphatic carbocycles. The van der Waals surface area contributed by atoms with Gasteiger partial charge in [-0.05, 0) is 61.6 Å². The fourth-order valence-corrected chi connectivity index (χ4v) is 2.77. The Labute approximate surface area is 171 Å². The maximum absolute atomic E-state index is 12.7. The van der Waals surface area contributed by atoms with Crippen LogP contribution >= 0.6 is 0 Å².